The van der Waals surface area contributed by atoms with Gasteiger partial charge in [-0.1, -0.05) is 17.7 Å². The average molecular weight is 340 g/mol. The van der Waals surface area contributed by atoms with Gasteiger partial charge in [0.05, 0.1) is 11.1 Å². The molecule has 0 unspecified atom stereocenters. The third-order valence-corrected chi connectivity index (χ3v) is 4.88. The molecule has 2 heterocycles. The molecule has 2 aliphatic heterocycles. The van der Waals surface area contributed by atoms with E-state index in [9.17, 15) is 14.0 Å². The SMILES string of the molecule is CN1CC[C@@H](NC(=O)[C@H]2CCC(=O)N2)[C@H]1c1ccc(Cl)c(F)c1. The molecule has 5 nitrogen and oxygen atoms in total. The minimum atomic E-state index is -0.462. The predicted octanol–water partition coefficient (Wildman–Crippen LogP) is 1.62. The van der Waals surface area contributed by atoms with Gasteiger partial charge in [-0.25, -0.2) is 4.39 Å². The molecule has 0 bridgehead atoms. The lowest BCUT2D eigenvalue weighted by Crippen LogP contribution is -2.47. The van der Waals surface area contributed by atoms with Crippen molar-refractivity contribution in [1.82, 2.24) is 15.5 Å². The zero-order valence-corrected chi connectivity index (χ0v) is 13.6. The maximum Gasteiger partial charge on any atom is 0.242 e. The van der Waals surface area contributed by atoms with Crippen LogP contribution in [0.3, 0.4) is 0 Å². The third kappa shape index (κ3) is 3.33. The van der Waals surface area contributed by atoms with Crippen LogP contribution in [0.5, 0.6) is 0 Å². The lowest BCUT2D eigenvalue weighted by atomic mass is 9.99. The maximum absolute atomic E-state index is 13.8. The lowest BCUT2D eigenvalue weighted by molar-refractivity contribution is -0.126. The van der Waals surface area contributed by atoms with Gasteiger partial charge in [-0.2, -0.15) is 0 Å². The van der Waals surface area contributed by atoms with E-state index in [1.54, 1.807) is 6.07 Å². The van der Waals surface area contributed by atoms with Gasteiger partial charge in [0.15, 0.2) is 0 Å². The van der Waals surface area contributed by atoms with Crippen molar-refractivity contribution >= 4 is 23.4 Å². The van der Waals surface area contributed by atoms with E-state index in [1.165, 1.54) is 12.1 Å². The van der Waals surface area contributed by atoms with Crippen LogP contribution in [0, 0.1) is 5.82 Å². The Morgan fingerprint density at radius 3 is 2.87 bits per heavy atom. The van der Waals surface area contributed by atoms with Crippen molar-refractivity contribution in [1.29, 1.82) is 0 Å². The monoisotopic (exact) mass is 339 g/mol. The molecule has 7 heteroatoms. The van der Waals surface area contributed by atoms with Crippen molar-refractivity contribution < 1.29 is 14.0 Å². The minimum absolute atomic E-state index is 0.0867. The summed E-state index contributed by atoms with van der Waals surface area (Å²) >= 11 is 5.75. The fourth-order valence-electron chi connectivity index (χ4n) is 3.38. The van der Waals surface area contributed by atoms with Crippen LogP contribution in [0.4, 0.5) is 4.39 Å². The third-order valence-electron chi connectivity index (χ3n) is 4.57. The van der Waals surface area contributed by atoms with Gasteiger partial charge in [-0.3, -0.25) is 14.5 Å². The van der Waals surface area contributed by atoms with E-state index in [-0.39, 0.29) is 28.9 Å². The van der Waals surface area contributed by atoms with Gasteiger partial charge in [0.2, 0.25) is 11.8 Å². The van der Waals surface area contributed by atoms with Gasteiger partial charge >= 0.3 is 0 Å². The zero-order chi connectivity index (χ0) is 16.6. The van der Waals surface area contributed by atoms with Crippen LogP contribution >= 0.6 is 11.6 Å². The van der Waals surface area contributed by atoms with E-state index in [0.717, 1.165) is 18.5 Å². The van der Waals surface area contributed by atoms with Crippen LogP contribution in [0.25, 0.3) is 0 Å². The first-order valence-electron chi connectivity index (χ1n) is 7.70. The Hall–Kier alpha value is -1.66. The average Bonchev–Trinajstić information content (AvgIpc) is 3.09. The first kappa shape index (κ1) is 16.2. The van der Waals surface area contributed by atoms with Crippen molar-refractivity contribution in [3.05, 3.63) is 34.6 Å². The van der Waals surface area contributed by atoms with Crippen molar-refractivity contribution in [2.75, 3.05) is 13.6 Å². The molecular weight excluding hydrogens is 321 g/mol. The first-order chi connectivity index (χ1) is 11.0. The van der Waals surface area contributed by atoms with Crippen LogP contribution in [0.2, 0.25) is 5.02 Å². The minimum Gasteiger partial charge on any atom is -0.350 e. The molecule has 1 aromatic carbocycles. The van der Waals surface area contributed by atoms with E-state index < -0.39 is 11.9 Å². The highest BCUT2D eigenvalue weighted by atomic mass is 35.5. The fraction of sp³-hybridized carbons (Fsp3) is 0.500. The van der Waals surface area contributed by atoms with E-state index in [4.69, 9.17) is 11.6 Å². The van der Waals surface area contributed by atoms with Gasteiger partial charge in [-0.05, 0) is 37.6 Å². The number of nitrogens with one attached hydrogen (secondary N) is 2. The van der Waals surface area contributed by atoms with Crippen LogP contribution in [0.15, 0.2) is 18.2 Å². The Kier molecular flexibility index (Phi) is 4.55. The number of rotatable bonds is 3. The highest BCUT2D eigenvalue weighted by Gasteiger charge is 2.36. The first-order valence-corrected chi connectivity index (χ1v) is 8.08. The number of halogens is 2. The normalized spacial score (nSPS) is 28.0. The van der Waals surface area contributed by atoms with E-state index >= 15 is 0 Å². The standard InChI is InChI=1S/C16H19ClFN3O2/c1-21-7-6-12(20-16(23)13-4-5-14(22)19-13)15(21)9-2-3-10(17)11(18)8-9/h2-3,8,12-13,15H,4-7H2,1H3,(H,19,22)(H,20,23)/t12-,13-,15-/m1/s1. The van der Waals surface area contributed by atoms with Crippen molar-refractivity contribution in [3.8, 4) is 0 Å². The molecule has 2 fully saturated rings. The van der Waals surface area contributed by atoms with Gasteiger partial charge in [0.25, 0.3) is 0 Å². The molecule has 0 radical (unpaired) electrons. The summed E-state index contributed by atoms with van der Waals surface area (Å²) in [4.78, 5) is 25.6. The molecule has 2 amide bonds. The van der Waals surface area contributed by atoms with Crippen molar-refractivity contribution in [2.45, 2.75) is 37.4 Å². The molecule has 0 aliphatic carbocycles. The van der Waals surface area contributed by atoms with Gasteiger partial charge in [0.1, 0.15) is 11.9 Å². The molecule has 0 spiro atoms. The summed E-state index contributed by atoms with van der Waals surface area (Å²) in [5, 5.41) is 5.76. The maximum atomic E-state index is 13.8. The summed E-state index contributed by atoms with van der Waals surface area (Å²) in [6.07, 6.45) is 1.68. The number of likely N-dealkylation sites (N-methyl/N-ethyl adjacent to an activating group) is 1. The van der Waals surface area contributed by atoms with Crippen LogP contribution in [0.1, 0.15) is 30.9 Å². The largest absolute Gasteiger partial charge is 0.350 e. The molecule has 2 aliphatic rings. The number of likely N-dealkylation sites (tertiary alicyclic amines) is 1. The number of nitrogens with zero attached hydrogens (tertiary/aromatic N) is 1. The number of benzene rings is 1. The fourth-order valence-corrected chi connectivity index (χ4v) is 3.49. The number of carbonyl (C=O) groups excluding carboxylic acids is 2. The van der Waals surface area contributed by atoms with Crippen LogP contribution in [-0.4, -0.2) is 42.4 Å². The molecular formula is C16H19ClFN3O2. The second kappa shape index (κ2) is 6.45. The summed E-state index contributed by atoms with van der Waals surface area (Å²) in [7, 11) is 1.95. The summed E-state index contributed by atoms with van der Waals surface area (Å²) in [5.41, 5.74) is 0.785. The molecule has 3 rings (SSSR count). The smallest absolute Gasteiger partial charge is 0.242 e. The molecule has 0 aromatic heterocycles. The molecule has 1 aromatic rings. The number of hydrogen-bond donors (Lipinski definition) is 2. The Morgan fingerprint density at radius 1 is 1.43 bits per heavy atom. The Morgan fingerprint density at radius 2 is 2.22 bits per heavy atom. The lowest BCUT2D eigenvalue weighted by Gasteiger charge is -2.27. The van der Waals surface area contributed by atoms with Crippen molar-refractivity contribution in [3.63, 3.8) is 0 Å². The molecule has 2 N–H and O–H groups in total. The molecule has 124 valence electrons. The highest BCUT2D eigenvalue weighted by Crippen LogP contribution is 2.32. The quantitative estimate of drug-likeness (QED) is 0.879. The summed E-state index contributed by atoms with van der Waals surface area (Å²) in [6, 6.07) is 4.05. The second-order valence-corrected chi connectivity index (χ2v) is 6.57. The Labute approximate surface area is 139 Å². The topological polar surface area (TPSA) is 61.4 Å². The number of amides is 2. The molecule has 3 atom stereocenters. The van der Waals surface area contributed by atoms with Crippen molar-refractivity contribution in [2.24, 2.45) is 0 Å². The zero-order valence-electron chi connectivity index (χ0n) is 12.8. The second-order valence-electron chi connectivity index (χ2n) is 6.16. The summed E-state index contributed by atoms with van der Waals surface area (Å²) in [6.45, 7) is 0.802. The van der Waals surface area contributed by atoms with Gasteiger partial charge in [0, 0.05) is 19.0 Å². The van der Waals surface area contributed by atoms with Gasteiger partial charge in [-0.15, -0.1) is 0 Å². The summed E-state index contributed by atoms with van der Waals surface area (Å²) < 4.78 is 13.8. The summed E-state index contributed by atoms with van der Waals surface area (Å²) in [5.74, 6) is -0.724. The van der Waals surface area contributed by atoms with Crippen LogP contribution < -0.4 is 10.6 Å². The highest BCUT2D eigenvalue weighted by molar-refractivity contribution is 6.30. The number of carbonyl (C=O) groups is 2. The Balaban J connectivity index is 1.74. The predicted molar refractivity (Wildman–Crippen MR) is 84.5 cm³/mol. The van der Waals surface area contributed by atoms with Gasteiger partial charge < -0.3 is 10.6 Å². The van der Waals surface area contributed by atoms with Crippen LogP contribution in [-0.2, 0) is 9.59 Å². The molecule has 23 heavy (non-hydrogen) atoms. The van der Waals surface area contributed by atoms with E-state index in [2.05, 4.69) is 15.5 Å². The van der Waals surface area contributed by atoms with E-state index in [1.807, 2.05) is 7.05 Å². The number of hydrogen-bond acceptors (Lipinski definition) is 3. The Bertz CT molecular complexity index is 640. The van der Waals surface area contributed by atoms with E-state index in [0.29, 0.717) is 12.8 Å². The molecule has 2 saturated heterocycles. The molecule has 0 saturated carbocycles.